The molecule has 1 fully saturated rings. The fourth-order valence-electron chi connectivity index (χ4n) is 3.64. The molecule has 1 N–H and O–H groups in total. The molecule has 0 saturated carbocycles. The zero-order valence-electron chi connectivity index (χ0n) is 18.2. The molecule has 0 bridgehead atoms. The van der Waals surface area contributed by atoms with Gasteiger partial charge in [0.2, 0.25) is 10.0 Å². The second-order valence-electron chi connectivity index (χ2n) is 7.79. The van der Waals surface area contributed by atoms with Crippen molar-refractivity contribution in [2.45, 2.75) is 30.7 Å². The summed E-state index contributed by atoms with van der Waals surface area (Å²) in [6, 6.07) is 13.4. The lowest BCUT2D eigenvalue weighted by atomic mass is 10.1. The number of carbonyl (C=O) groups is 1. The summed E-state index contributed by atoms with van der Waals surface area (Å²) in [7, 11) is -0.538. The first kappa shape index (κ1) is 23.2. The summed E-state index contributed by atoms with van der Waals surface area (Å²) in [6.45, 7) is 4.22. The van der Waals surface area contributed by atoms with Crippen LogP contribution in [0.15, 0.2) is 53.4 Å². The van der Waals surface area contributed by atoms with Gasteiger partial charge in [-0.1, -0.05) is 12.1 Å². The van der Waals surface area contributed by atoms with Crippen LogP contribution in [0.2, 0.25) is 0 Å². The Morgan fingerprint density at radius 2 is 1.71 bits per heavy atom. The Balaban J connectivity index is 1.51. The highest BCUT2D eigenvalue weighted by atomic mass is 32.2. The van der Waals surface area contributed by atoms with Crippen LogP contribution in [0.4, 0.5) is 0 Å². The van der Waals surface area contributed by atoms with E-state index in [2.05, 4.69) is 10.2 Å². The van der Waals surface area contributed by atoms with Gasteiger partial charge >= 0.3 is 0 Å². The molecule has 0 spiro atoms. The molecule has 0 unspecified atom stereocenters. The molecule has 1 aliphatic heterocycles. The highest BCUT2D eigenvalue weighted by Crippen LogP contribution is 2.20. The maximum Gasteiger partial charge on any atom is 0.251 e. The Morgan fingerprint density at radius 1 is 1.06 bits per heavy atom. The van der Waals surface area contributed by atoms with Gasteiger partial charge in [0.25, 0.3) is 5.91 Å². The fourth-order valence-corrected chi connectivity index (χ4v) is 4.80. The molecule has 168 valence electrons. The number of sulfonamides is 1. The fraction of sp³-hybridized carbons (Fsp3) is 0.435. The van der Waals surface area contributed by atoms with Crippen LogP contribution in [0, 0.1) is 0 Å². The van der Waals surface area contributed by atoms with E-state index in [0.717, 1.165) is 31.6 Å². The number of amides is 1. The number of likely N-dealkylation sites (tertiary alicyclic amines) is 1. The van der Waals surface area contributed by atoms with Crippen molar-refractivity contribution in [2.75, 3.05) is 40.3 Å². The van der Waals surface area contributed by atoms with Crippen molar-refractivity contribution in [1.29, 1.82) is 0 Å². The molecule has 7 nitrogen and oxygen atoms in total. The number of nitrogens with zero attached hydrogens (tertiary/aromatic N) is 2. The van der Waals surface area contributed by atoms with Crippen LogP contribution in [-0.2, 0) is 16.6 Å². The van der Waals surface area contributed by atoms with Crippen LogP contribution in [0.3, 0.4) is 0 Å². The molecule has 0 atom stereocenters. The molecule has 31 heavy (non-hydrogen) atoms. The van der Waals surface area contributed by atoms with E-state index >= 15 is 0 Å². The molecule has 1 heterocycles. The molecular weight excluding hydrogens is 414 g/mol. The van der Waals surface area contributed by atoms with Crippen LogP contribution in [0.5, 0.6) is 5.75 Å². The third kappa shape index (κ3) is 6.29. The minimum absolute atomic E-state index is 0.104. The van der Waals surface area contributed by atoms with E-state index in [1.54, 1.807) is 43.4 Å². The van der Waals surface area contributed by atoms with Gasteiger partial charge in [0.05, 0.1) is 12.0 Å². The van der Waals surface area contributed by atoms with Crippen molar-refractivity contribution in [3.8, 4) is 5.75 Å². The molecule has 3 rings (SSSR count). The summed E-state index contributed by atoms with van der Waals surface area (Å²) in [5.41, 5.74) is 1.38. The Kier molecular flexibility index (Phi) is 8.06. The highest BCUT2D eigenvalue weighted by Gasteiger charge is 2.21. The van der Waals surface area contributed by atoms with E-state index in [4.69, 9.17) is 4.74 Å². The second-order valence-corrected chi connectivity index (χ2v) is 9.84. The first-order valence-corrected chi connectivity index (χ1v) is 12.0. The molecular formula is C23H31N3O4S. The summed E-state index contributed by atoms with van der Waals surface area (Å²) in [5, 5.41) is 2.96. The maximum atomic E-state index is 12.8. The van der Waals surface area contributed by atoms with E-state index in [0.29, 0.717) is 17.9 Å². The smallest absolute Gasteiger partial charge is 0.251 e. The van der Waals surface area contributed by atoms with E-state index in [1.807, 2.05) is 0 Å². The van der Waals surface area contributed by atoms with Crippen LogP contribution in [0.25, 0.3) is 0 Å². The minimum Gasteiger partial charge on any atom is -0.497 e. The van der Waals surface area contributed by atoms with Crippen LogP contribution in [-0.4, -0.2) is 63.9 Å². The molecule has 2 aromatic rings. The largest absolute Gasteiger partial charge is 0.497 e. The van der Waals surface area contributed by atoms with E-state index in [9.17, 15) is 13.2 Å². The van der Waals surface area contributed by atoms with Crippen molar-refractivity contribution >= 4 is 15.9 Å². The number of hydrogen-bond acceptors (Lipinski definition) is 5. The highest BCUT2D eigenvalue weighted by molar-refractivity contribution is 7.89. The number of hydrogen-bond donors (Lipinski definition) is 1. The van der Waals surface area contributed by atoms with Gasteiger partial charge in [0, 0.05) is 25.7 Å². The minimum atomic E-state index is -3.62. The molecule has 0 aromatic heterocycles. The van der Waals surface area contributed by atoms with Gasteiger partial charge in [0.1, 0.15) is 5.75 Å². The van der Waals surface area contributed by atoms with E-state index in [-0.39, 0.29) is 17.3 Å². The summed E-state index contributed by atoms with van der Waals surface area (Å²) < 4.78 is 31.9. The van der Waals surface area contributed by atoms with Crippen molar-refractivity contribution in [1.82, 2.24) is 14.5 Å². The number of methoxy groups -OCH3 is 1. The van der Waals surface area contributed by atoms with Crippen LogP contribution < -0.4 is 10.1 Å². The van der Waals surface area contributed by atoms with Gasteiger partial charge in [-0.25, -0.2) is 8.42 Å². The van der Waals surface area contributed by atoms with Crippen molar-refractivity contribution < 1.29 is 17.9 Å². The number of benzene rings is 2. The number of carbonyl (C=O) groups excluding carboxylic acids is 1. The van der Waals surface area contributed by atoms with Crippen LogP contribution in [0.1, 0.15) is 35.2 Å². The maximum absolute atomic E-state index is 12.8. The number of ether oxygens (including phenoxy) is 1. The molecule has 1 saturated heterocycles. The van der Waals surface area contributed by atoms with Crippen LogP contribution >= 0.6 is 0 Å². The van der Waals surface area contributed by atoms with Gasteiger partial charge in [-0.05, 0) is 80.9 Å². The third-order valence-electron chi connectivity index (χ3n) is 5.52. The second kappa shape index (κ2) is 10.7. The lowest BCUT2D eigenvalue weighted by molar-refractivity contribution is 0.0952. The predicted molar refractivity (Wildman–Crippen MR) is 121 cm³/mol. The summed E-state index contributed by atoms with van der Waals surface area (Å²) in [4.78, 5) is 15.0. The standard InChI is InChI=1S/C23H31N3O4S/c1-25(31(28,29)22-12-10-21(30-2)11-13-22)18-19-6-8-20(9-7-19)23(27)24-14-5-17-26-15-3-4-16-26/h6-13H,3-5,14-18H2,1-2H3,(H,24,27). The van der Waals surface area contributed by atoms with Crippen molar-refractivity contribution in [2.24, 2.45) is 0 Å². The zero-order chi connectivity index (χ0) is 22.3. The summed E-state index contributed by atoms with van der Waals surface area (Å²) in [6.07, 6.45) is 3.49. The lowest BCUT2D eigenvalue weighted by Crippen LogP contribution is -2.28. The number of rotatable bonds is 10. The molecule has 1 aliphatic rings. The monoisotopic (exact) mass is 445 g/mol. The molecule has 0 aliphatic carbocycles. The first-order chi connectivity index (χ1) is 14.9. The topological polar surface area (TPSA) is 79.0 Å². The average molecular weight is 446 g/mol. The Labute approximate surface area is 185 Å². The van der Waals surface area contributed by atoms with Gasteiger partial charge < -0.3 is 15.0 Å². The van der Waals surface area contributed by atoms with Crippen molar-refractivity contribution in [3.05, 3.63) is 59.7 Å². The molecule has 8 heteroatoms. The average Bonchev–Trinajstić information content (AvgIpc) is 3.30. The van der Waals surface area contributed by atoms with Gasteiger partial charge in [-0.15, -0.1) is 0 Å². The Hall–Kier alpha value is -2.42. The van der Waals surface area contributed by atoms with E-state index < -0.39 is 10.0 Å². The predicted octanol–water partition coefficient (Wildman–Crippen LogP) is 2.73. The first-order valence-electron chi connectivity index (χ1n) is 10.6. The molecule has 1 amide bonds. The Bertz CT molecular complexity index is 953. The van der Waals surface area contributed by atoms with Gasteiger partial charge in [-0.3, -0.25) is 4.79 Å². The number of nitrogens with one attached hydrogen (secondary N) is 1. The van der Waals surface area contributed by atoms with Gasteiger partial charge in [0.15, 0.2) is 0 Å². The third-order valence-corrected chi connectivity index (χ3v) is 7.34. The summed E-state index contributed by atoms with van der Waals surface area (Å²) in [5.74, 6) is 0.499. The normalized spacial score (nSPS) is 14.7. The molecule has 2 aromatic carbocycles. The van der Waals surface area contributed by atoms with Gasteiger partial charge in [-0.2, -0.15) is 4.31 Å². The van der Waals surface area contributed by atoms with Crippen molar-refractivity contribution in [3.63, 3.8) is 0 Å². The summed E-state index contributed by atoms with van der Waals surface area (Å²) >= 11 is 0. The zero-order valence-corrected chi connectivity index (χ0v) is 19.0. The quantitative estimate of drug-likeness (QED) is 0.569. The van der Waals surface area contributed by atoms with E-state index in [1.165, 1.54) is 36.4 Å². The lowest BCUT2D eigenvalue weighted by Gasteiger charge is -2.18. The Morgan fingerprint density at radius 3 is 2.32 bits per heavy atom. The SMILES string of the molecule is COc1ccc(S(=O)(=O)N(C)Cc2ccc(C(=O)NCCCN3CCCC3)cc2)cc1. The molecule has 0 radical (unpaired) electrons.